The van der Waals surface area contributed by atoms with Crippen molar-refractivity contribution in [1.82, 2.24) is 15.2 Å². The molecule has 2 amide bonds. The smallest absolute Gasteiger partial charge is 0.274 e. The van der Waals surface area contributed by atoms with Crippen molar-refractivity contribution >= 4 is 11.8 Å². The summed E-state index contributed by atoms with van der Waals surface area (Å²) < 4.78 is 5.55. The summed E-state index contributed by atoms with van der Waals surface area (Å²) >= 11 is 0. The van der Waals surface area contributed by atoms with Crippen molar-refractivity contribution in [3.8, 4) is 11.3 Å². The Kier molecular flexibility index (Phi) is 6.27. The van der Waals surface area contributed by atoms with Crippen molar-refractivity contribution in [3.63, 3.8) is 0 Å². The SMILES string of the molecule is CC[C@H](C)NC(=O)c1ncoc1-c1ccccc1C(=O)N1CCCCCC1. The van der Waals surface area contributed by atoms with Gasteiger partial charge in [-0.1, -0.05) is 38.0 Å². The maximum Gasteiger partial charge on any atom is 0.274 e. The van der Waals surface area contributed by atoms with Crippen LogP contribution >= 0.6 is 0 Å². The normalized spacial score (nSPS) is 15.9. The van der Waals surface area contributed by atoms with Crippen LogP contribution in [-0.4, -0.2) is 40.8 Å². The summed E-state index contributed by atoms with van der Waals surface area (Å²) in [4.78, 5) is 31.7. The van der Waals surface area contributed by atoms with Gasteiger partial charge < -0.3 is 14.6 Å². The van der Waals surface area contributed by atoms with E-state index in [2.05, 4.69) is 10.3 Å². The van der Waals surface area contributed by atoms with Crippen LogP contribution in [-0.2, 0) is 0 Å². The predicted molar refractivity (Wildman–Crippen MR) is 104 cm³/mol. The number of amides is 2. The Morgan fingerprint density at radius 1 is 1.19 bits per heavy atom. The van der Waals surface area contributed by atoms with E-state index >= 15 is 0 Å². The van der Waals surface area contributed by atoms with Gasteiger partial charge in [0.1, 0.15) is 0 Å². The van der Waals surface area contributed by atoms with Crippen LogP contribution in [0.25, 0.3) is 11.3 Å². The first-order chi connectivity index (χ1) is 13.1. The Balaban J connectivity index is 1.92. The summed E-state index contributed by atoms with van der Waals surface area (Å²) in [7, 11) is 0. The average molecular weight is 369 g/mol. The summed E-state index contributed by atoms with van der Waals surface area (Å²) in [5.41, 5.74) is 1.37. The summed E-state index contributed by atoms with van der Waals surface area (Å²) in [6.45, 7) is 5.48. The third-order valence-corrected chi connectivity index (χ3v) is 5.07. The zero-order valence-corrected chi connectivity index (χ0v) is 16.0. The molecule has 1 aromatic carbocycles. The molecular formula is C21H27N3O3. The second-order valence-corrected chi connectivity index (χ2v) is 7.06. The van der Waals surface area contributed by atoms with E-state index < -0.39 is 0 Å². The van der Waals surface area contributed by atoms with Crippen LogP contribution in [0.1, 0.15) is 66.8 Å². The third-order valence-electron chi connectivity index (χ3n) is 5.07. The number of likely N-dealkylation sites (tertiary alicyclic amines) is 1. The highest BCUT2D eigenvalue weighted by molar-refractivity contribution is 6.04. The van der Waals surface area contributed by atoms with Crippen molar-refractivity contribution in [3.05, 3.63) is 41.9 Å². The highest BCUT2D eigenvalue weighted by Gasteiger charge is 2.25. The van der Waals surface area contributed by atoms with Gasteiger partial charge in [-0.25, -0.2) is 4.98 Å². The molecule has 3 rings (SSSR count). The van der Waals surface area contributed by atoms with Gasteiger partial charge in [-0.2, -0.15) is 0 Å². The number of nitrogens with zero attached hydrogens (tertiary/aromatic N) is 2. The standard InChI is InChI=1S/C21H27N3O3/c1-3-15(2)23-20(25)18-19(27-14-22-18)16-10-6-7-11-17(16)21(26)24-12-8-4-5-9-13-24/h6-7,10-11,14-15H,3-5,8-9,12-13H2,1-2H3,(H,23,25)/t15-/m0/s1. The van der Waals surface area contributed by atoms with Gasteiger partial charge in [0.2, 0.25) is 0 Å². The summed E-state index contributed by atoms with van der Waals surface area (Å²) in [6, 6.07) is 7.32. The van der Waals surface area contributed by atoms with E-state index in [0.717, 1.165) is 45.2 Å². The molecule has 144 valence electrons. The molecule has 6 nitrogen and oxygen atoms in total. The van der Waals surface area contributed by atoms with Crippen LogP contribution < -0.4 is 5.32 Å². The van der Waals surface area contributed by atoms with Crippen molar-refractivity contribution < 1.29 is 14.0 Å². The van der Waals surface area contributed by atoms with Crippen molar-refractivity contribution in [2.45, 2.75) is 52.0 Å². The van der Waals surface area contributed by atoms with Gasteiger partial charge in [-0.3, -0.25) is 9.59 Å². The Labute approximate surface area is 160 Å². The molecule has 2 heterocycles. The van der Waals surface area contributed by atoms with Crippen LogP contribution in [0.3, 0.4) is 0 Å². The number of carbonyl (C=O) groups is 2. The van der Waals surface area contributed by atoms with Crippen LogP contribution in [0.4, 0.5) is 0 Å². The van der Waals surface area contributed by atoms with Crippen LogP contribution in [0.15, 0.2) is 35.1 Å². The lowest BCUT2D eigenvalue weighted by Gasteiger charge is -2.21. The Bertz CT molecular complexity index is 791. The first-order valence-corrected chi connectivity index (χ1v) is 9.74. The summed E-state index contributed by atoms with van der Waals surface area (Å²) in [5, 5.41) is 2.91. The van der Waals surface area contributed by atoms with Gasteiger partial charge in [-0.05, 0) is 32.3 Å². The Hall–Kier alpha value is -2.63. The lowest BCUT2D eigenvalue weighted by Crippen LogP contribution is -2.33. The molecule has 2 aromatic rings. The lowest BCUT2D eigenvalue weighted by atomic mass is 10.0. The largest absolute Gasteiger partial charge is 0.443 e. The molecule has 1 atom stereocenters. The number of aromatic nitrogens is 1. The average Bonchev–Trinajstić information content (AvgIpc) is 3.02. The van der Waals surface area contributed by atoms with Gasteiger partial charge >= 0.3 is 0 Å². The van der Waals surface area contributed by atoms with Crippen LogP contribution in [0.2, 0.25) is 0 Å². The molecule has 1 aliphatic rings. The van der Waals surface area contributed by atoms with Gasteiger partial charge in [0.25, 0.3) is 11.8 Å². The monoisotopic (exact) mass is 369 g/mol. The van der Waals surface area contributed by atoms with Crippen molar-refractivity contribution in [2.24, 2.45) is 0 Å². The van der Waals surface area contributed by atoms with Crippen molar-refractivity contribution in [1.29, 1.82) is 0 Å². The van der Waals surface area contributed by atoms with Gasteiger partial charge in [0.15, 0.2) is 17.8 Å². The van der Waals surface area contributed by atoms with Gasteiger partial charge in [-0.15, -0.1) is 0 Å². The van der Waals surface area contributed by atoms with E-state index in [-0.39, 0.29) is 23.6 Å². The molecule has 1 N–H and O–H groups in total. The topological polar surface area (TPSA) is 75.4 Å². The van der Waals surface area contributed by atoms with Gasteiger partial charge in [0.05, 0.1) is 5.56 Å². The molecule has 0 saturated carbocycles. The molecule has 0 unspecified atom stereocenters. The quantitative estimate of drug-likeness (QED) is 0.868. The lowest BCUT2D eigenvalue weighted by molar-refractivity contribution is 0.0761. The molecule has 0 radical (unpaired) electrons. The van der Waals surface area contributed by atoms with E-state index in [0.29, 0.717) is 16.9 Å². The van der Waals surface area contributed by atoms with Gasteiger partial charge in [0, 0.05) is 24.7 Å². The van der Waals surface area contributed by atoms with Crippen LogP contribution in [0, 0.1) is 0 Å². The van der Waals surface area contributed by atoms with E-state index in [9.17, 15) is 9.59 Å². The third kappa shape index (κ3) is 4.38. The second kappa shape index (κ2) is 8.84. The minimum Gasteiger partial charge on any atom is -0.443 e. The zero-order chi connectivity index (χ0) is 19.2. The maximum absolute atomic E-state index is 13.1. The summed E-state index contributed by atoms with van der Waals surface area (Å²) in [6.07, 6.45) is 6.45. The highest BCUT2D eigenvalue weighted by Crippen LogP contribution is 2.28. The second-order valence-electron chi connectivity index (χ2n) is 7.06. The zero-order valence-electron chi connectivity index (χ0n) is 16.0. The van der Waals surface area contributed by atoms with Crippen LogP contribution in [0.5, 0.6) is 0 Å². The van der Waals surface area contributed by atoms with E-state index in [4.69, 9.17) is 4.42 Å². The van der Waals surface area contributed by atoms with E-state index in [1.54, 1.807) is 6.07 Å². The number of rotatable bonds is 5. The molecule has 0 spiro atoms. The first-order valence-electron chi connectivity index (χ1n) is 9.74. The molecular weight excluding hydrogens is 342 g/mol. The number of benzene rings is 1. The molecule has 6 heteroatoms. The highest BCUT2D eigenvalue weighted by atomic mass is 16.3. The number of hydrogen-bond donors (Lipinski definition) is 1. The fraction of sp³-hybridized carbons (Fsp3) is 0.476. The fourth-order valence-electron chi connectivity index (χ4n) is 3.30. The maximum atomic E-state index is 13.1. The van der Waals surface area contributed by atoms with E-state index in [1.807, 2.05) is 36.9 Å². The molecule has 1 fully saturated rings. The van der Waals surface area contributed by atoms with E-state index in [1.165, 1.54) is 6.39 Å². The van der Waals surface area contributed by atoms with Crippen molar-refractivity contribution in [2.75, 3.05) is 13.1 Å². The summed E-state index contributed by atoms with van der Waals surface area (Å²) in [5.74, 6) is 0.0388. The molecule has 27 heavy (non-hydrogen) atoms. The number of nitrogens with one attached hydrogen (secondary N) is 1. The fourth-order valence-corrected chi connectivity index (χ4v) is 3.30. The molecule has 0 bridgehead atoms. The molecule has 0 aliphatic carbocycles. The number of hydrogen-bond acceptors (Lipinski definition) is 4. The molecule has 1 aromatic heterocycles. The molecule has 1 saturated heterocycles. The molecule has 1 aliphatic heterocycles. The first kappa shape index (κ1) is 19.1. The predicted octanol–water partition coefficient (Wildman–Crippen LogP) is 3.89. The number of oxazole rings is 1. The Morgan fingerprint density at radius 2 is 1.89 bits per heavy atom. The number of carbonyl (C=O) groups excluding carboxylic acids is 2. The minimum atomic E-state index is -0.287. The Morgan fingerprint density at radius 3 is 2.59 bits per heavy atom. The minimum absolute atomic E-state index is 0.0165.